The maximum atomic E-state index is 12.8. The van der Waals surface area contributed by atoms with Gasteiger partial charge in [-0.05, 0) is 56.3 Å². The fourth-order valence-corrected chi connectivity index (χ4v) is 4.13. The summed E-state index contributed by atoms with van der Waals surface area (Å²) in [6.45, 7) is 4.10. The topological polar surface area (TPSA) is 66.9 Å². The quantitative estimate of drug-likeness (QED) is 0.594. The van der Waals surface area contributed by atoms with Crippen molar-refractivity contribution in [2.24, 2.45) is 0 Å². The predicted octanol–water partition coefficient (Wildman–Crippen LogP) is 4.17. The Kier molecular flexibility index (Phi) is 7.94. The highest BCUT2D eigenvalue weighted by Gasteiger charge is 2.25. The van der Waals surface area contributed by atoms with E-state index in [9.17, 15) is 13.2 Å². The van der Waals surface area contributed by atoms with Crippen LogP contribution in [0.5, 0.6) is 5.75 Å². The molecule has 2 aromatic rings. The minimum absolute atomic E-state index is 0.0206. The van der Waals surface area contributed by atoms with Crippen LogP contribution in [0.25, 0.3) is 0 Å². The van der Waals surface area contributed by atoms with Gasteiger partial charge in [-0.1, -0.05) is 23.2 Å². The van der Waals surface area contributed by atoms with Gasteiger partial charge in [-0.3, -0.25) is 4.79 Å². The molecule has 0 spiro atoms. The molecule has 0 heterocycles. The lowest BCUT2D eigenvalue weighted by Gasteiger charge is -2.22. The summed E-state index contributed by atoms with van der Waals surface area (Å²) in [4.78, 5) is 14.2. The molecule has 6 nitrogen and oxygen atoms in total. The van der Waals surface area contributed by atoms with Gasteiger partial charge in [0, 0.05) is 25.2 Å². The van der Waals surface area contributed by atoms with Gasteiger partial charge in [-0.2, -0.15) is 4.31 Å². The average Bonchev–Trinajstić information content (AvgIpc) is 2.68. The van der Waals surface area contributed by atoms with E-state index in [1.54, 1.807) is 45.2 Å². The maximum Gasteiger partial charge on any atom is 0.255 e. The van der Waals surface area contributed by atoms with Crippen LogP contribution in [0.3, 0.4) is 0 Å². The highest BCUT2D eigenvalue weighted by atomic mass is 35.5. The van der Waals surface area contributed by atoms with Crippen molar-refractivity contribution in [1.29, 1.82) is 0 Å². The molecule has 158 valence electrons. The summed E-state index contributed by atoms with van der Waals surface area (Å²) >= 11 is 12.0. The Morgan fingerprint density at radius 2 is 1.69 bits per heavy atom. The minimum atomic E-state index is -3.72. The zero-order valence-electron chi connectivity index (χ0n) is 16.7. The fraction of sp³-hybridized carbons (Fsp3) is 0.350. The van der Waals surface area contributed by atoms with Gasteiger partial charge in [0.25, 0.3) is 5.91 Å². The lowest BCUT2D eigenvalue weighted by atomic mass is 10.2. The standard InChI is InChI=1S/C20H24Cl2N2O4S/c1-14(2)24(4)29(26,27)17-9-10-19(22)18(13-17)20(25)23(3)11-12-28-16-7-5-15(21)6-8-16/h5-10,13-14H,11-12H2,1-4H3. The molecule has 9 heteroatoms. The van der Waals surface area contributed by atoms with Crippen LogP contribution in [0, 0.1) is 0 Å². The van der Waals surface area contributed by atoms with Crippen molar-refractivity contribution in [3.05, 3.63) is 58.1 Å². The molecule has 1 amide bonds. The van der Waals surface area contributed by atoms with Crippen molar-refractivity contribution < 1.29 is 17.9 Å². The second-order valence-electron chi connectivity index (χ2n) is 6.79. The number of benzene rings is 2. The van der Waals surface area contributed by atoms with E-state index in [1.165, 1.54) is 34.5 Å². The third-order valence-electron chi connectivity index (χ3n) is 4.43. The number of rotatable bonds is 8. The van der Waals surface area contributed by atoms with Crippen LogP contribution in [0.2, 0.25) is 10.0 Å². The number of halogens is 2. The number of hydrogen-bond donors (Lipinski definition) is 0. The lowest BCUT2D eigenvalue weighted by Crippen LogP contribution is -2.34. The predicted molar refractivity (Wildman–Crippen MR) is 115 cm³/mol. The normalized spacial score (nSPS) is 11.7. The summed E-state index contributed by atoms with van der Waals surface area (Å²) in [5, 5.41) is 0.795. The Bertz CT molecular complexity index is 963. The zero-order valence-corrected chi connectivity index (χ0v) is 19.1. The maximum absolute atomic E-state index is 12.8. The molecule has 0 N–H and O–H groups in total. The van der Waals surface area contributed by atoms with E-state index in [-0.39, 0.29) is 34.0 Å². The van der Waals surface area contributed by atoms with Gasteiger partial charge in [-0.25, -0.2) is 8.42 Å². The number of ether oxygens (including phenoxy) is 1. The van der Waals surface area contributed by atoms with E-state index in [2.05, 4.69) is 0 Å². The summed E-state index contributed by atoms with van der Waals surface area (Å²) in [6.07, 6.45) is 0. The summed E-state index contributed by atoms with van der Waals surface area (Å²) in [5.74, 6) is 0.247. The molecule has 0 bridgehead atoms. The second-order valence-corrected chi connectivity index (χ2v) is 9.63. The van der Waals surface area contributed by atoms with Crippen LogP contribution >= 0.6 is 23.2 Å². The summed E-state index contributed by atoms with van der Waals surface area (Å²) in [6, 6.07) is 10.8. The first-order chi connectivity index (χ1) is 13.5. The van der Waals surface area contributed by atoms with Crippen LogP contribution in [0.15, 0.2) is 47.4 Å². The largest absolute Gasteiger partial charge is 0.492 e. The second kappa shape index (κ2) is 9.80. The van der Waals surface area contributed by atoms with Gasteiger partial charge in [0.05, 0.1) is 22.0 Å². The molecule has 0 saturated carbocycles. The Hall–Kier alpha value is -1.80. The monoisotopic (exact) mass is 458 g/mol. The molecule has 29 heavy (non-hydrogen) atoms. The van der Waals surface area contributed by atoms with Crippen molar-refractivity contribution in [2.75, 3.05) is 27.2 Å². The van der Waals surface area contributed by atoms with E-state index in [1.807, 2.05) is 0 Å². The number of likely N-dealkylation sites (N-methyl/N-ethyl adjacent to an activating group) is 1. The first-order valence-electron chi connectivity index (χ1n) is 8.95. The highest BCUT2D eigenvalue weighted by Crippen LogP contribution is 2.24. The zero-order chi connectivity index (χ0) is 21.8. The van der Waals surface area contributed by atoms with E-state index in [0.29, 0.717) is 17.3 Å². The highest BCUT2D eigenvalue weighted by molar-refractivity contribution is 7.89. The number of sulfonamides is 1. The number of nitrogens with zero attached hydrogens (tertiary/aromatic N) is 2. The number of carbonyl (C=O) groups excluding carboxylic acids is 1. The number of amides is 1. The first-order valence-corrected chi connectivity index (χ1v) is 11.1. The molecule has 2 rings (SSSR count). The fourth-order valence-electron chi connectivity index (χ4n) is 2.41. The third kappa shape index (κ3) is 5.85. The molecule has 0 aliphatic heterocycles. The molecule has 2 aromatic carbocycles. The van der Waals surface area contributed by atoms with Gasteiger partial charge >= 0.3 is 0 Å². The van der Waals surface area contributed by atoms with Crippen molar-refractivity contribution >= 4 is 39.1 Å². The van der Waals surface area contributed by atoms with E-state index in [4.69, 9.17) is 27.9 Å². The van der Waals surface area contributed by atoms with Crippen molar-refractivity contribution in [3.63, 3.8) is 0 Å². The van der Waals surface area contributed by atoms with Gasteiger partial charge in [0.2, 0.25) is 10.0 Å². The summed E-state index contributed by atoms with van der Waals surface area (Å²) < 4.78 is 32.3. The van der Waals surface area contributed by atoms with Gasteiger partial charge in [0.1, 0.15) is 12.4 Å². The van der Waals surface area contributed by atoms with E-state index < -0.39 is 10.0 Å². The molecule has 0 saturated heterocycles. The van der Waals surface area contributed by atoms with Crippen LogP contribution in [0.4, 0.5) is 0 Å². The smallest absolute Gasteiger partial charge is 0.255 e. The van der Waals surface area contributed by atoms with Crippen LogP contribution in [-0.4, -0.2) is 56.8 Å². The van der Waals surface area contributed by atoms with E-state index in [0.717, 1.165) is 0 Å². The minimum Gasteiger partial charge on any atom is -0.492 e. The van der Waals surface area contributed by atoms with Gasteiger partial charge < -0.3 is 9.64 Å². The molecule has 0 aromatic heterocycles. The van der Waals surface area contributed by atoms with Crippen molar-refractivity contribution in [3.8, 4) is 5.75 Å². The summed E-state index contributed by atoms with van der Waals surface area (Å²) in [7, 11) is -0.626. The molecule has 0 atom stereocenters. The van der Waals surface area contributed by atoms with Crippen LogP contribution in [0.1, 0.15) is 24.2 Å². The first kappa shape index (κ1) is 23.5. The Balaban J connectivity index is 2.12. The number of hydrogen-bond acceptors (Lipinski definition) is 4. The molecule has 0 aliphatic rings. The van der Waals surface area contributed by atoms with Gasteiger partial charge in [0.15, 0.2) is 0 Å². The molecule has 0 unspecified atom stereocenters. The third-order valence-corrected chi connectivity index (χ3v) is 7.04. The molecule has 0 aliphatic carbocycles. The van der Waals surface area contributed by atoms with Crippen molar-refractivity contribution in [2.45, 2.75) is 24.8 Å². The summed E-state index contributed by atoms with van der Waals surface area (Å²) in [5.41, 5.74) is 0.124. The van der Waals surface area contributed by atoms with Crippen LogP contribution in [-0.2, 0) is 10.0 Å². The average molecular weight is 459 g/mol. The Morgan fingerprint density at radius 1 is 1.07 bits per heavy atom. The molecule has 0 radical (unpaired) electrons. The Labute approximate surface area is 182 Å². The molecule has 0 fully saturated rings. The van der Waals surface area contributed by atoms with Gasteiger partial charge in [-0.15, -0.1) is 0 Å². The van der Waals surface area contributed by atoms with E-state index >= 15 is 0 Å². The lowest BCUT2D eigenvalue weighted by molar-refractivity contribution is 0.0773. The molecular weight excluding hydrogens is 435 g/mol. The molecular formula is C20H24Cl2N2O4S. The number of carbonyl (C=O) groups is 1. The van der Waals surface area contributed by atoms with Crippen molar-refractivity contribution in [1.82, 2.24) is 9.21 Å². The SMILES string of the molecule is CC(C)N(C)S(=O)(=O)c1ccc(Cl)c(C(=O)N(C)CCOc2ccc(Cl)cc2)c1. The van der Waals surface area contributed by atoms with Crippen LogP contribution < -0.4 is 4.74 Å². The Morgan fingerprint density at radius 3 is 2.28 bits per heavy atom.